The highest BCUT2D eigenvalue weighted by molar-refractivity contribution is 6.06. The van der Waals surface area contributed by atoms with E-state index < -0.39 is 0 Å². The average Bonchev–Trinajstić information content (AvgIpc) is 2.53. The Bertz CT molecular complexity index is 776. The van der Waals surface area contributed by atoms with Crippen molar-refractivity contribution in [2.75, 3.05) is 0 Å². The lowest BCUT2D eigenvalue weighted by molar-refractivity contribution is 0.104. The van der Waals surface area contributed by atoms with Gasteiger partial charge in [-0.3, -0.25) is 9.78 Å². The maximum Gasteiger partial charge on any atom is 0.185 e. The lowest BCUT2D eigenvalue weighted by atomic mass is 10.1. The highest BCUT2D eigenvalue weighted by Gasteiger charge is 2.00. The van der Waals surface area contributed by atoms with Crippen LogP contribution in [0.2, 0.25) is 0 Å². The summed E-state index contributed by atoms with van der Waals surface area (Å²) >= 11 is 0. The summed E-state index contributed by atoms with van der Waals surface area (Å²) in [5.41, 5.74) is 2.57. The van der Waals surface area contributed by atoms with Gasteiger partial charge in [0.15, 0.2) is 5.78 Å². The first-order valence-electron chi connectivity index (χ1n) is 6.45. The molecule has 96 valence electrons. The second-order valence-electron chi connectivity index (χ2n) is 4.52. The van der Waals surface area contributed by atoms with E-state index in [1.54, 1.807) is 18.3 Å². The molecule has 3 aromatic rings. The van der Waals surface area contributed by atoms with Crippen LogP contribution in [0, 0.1) is 0 Å². The number of pyridine rings is 1. The van der Waals surface area contributed by atoms with E-state index in [4.69, 9.17) is 0 Å². The second kappa shape index (κ2) is 5.49. The van der Waals surface area contributed by atoms with Gasteiger partial charge in [-0.1, -0.05) is 48.5 Å². The van der Waals surface area contributed by atoms with Gasteiger partial charge in [-0.25, -0.2) is 0 Å². The average molecular weight is 259 g/mol. The molecule has 0 radical (unpaired) electrons. The Morgan fingerprint density at radius 1 is 0.950 bits per heavy atom. The molecule has 0 saturated heterocycles. The first-order valence-corrected chi connectivity index (χ1v) is 6.45. The van der Waals surface area contributed by atoms with Gasteiger partial charge in [0.25, 0.3) is 0 Å². The molecule has 1 heterocycles. The molecular weight excluding hydrogens is 246 g/mol. The fourth-order valence-corrected chi connectivity index (χ4v) is 2.05. The number of carbonyl (C=O) groups is 1. The largest absolute Gasteiger partial charge is 0.289 e. The lowest BCUT2D eigenvalue weighted by Crippen LogP contribution is -1.92. The standard InChI is InChI=1S/C18H13NO/c20-18(15-6-2-1-3-7-15)11-10-14-12-16-8-4-5-9-17(16)19-13-14/h1-13H/b11-10+. The molecule has 0 aliphatic heterocycles. The number of para-hydroxylation sites is 1. The maximum absolute atomic E-state index is 12.0. The van der Waals surface area contributed by atoms with Gasteiger partial charge in [0.2, 0.25) is 0 Å². The summed E-state index contributed by atoms with van der Waals surface area (Å²) in [6.45, 7) is 0. The Morgan fingerprint density at radius 3 is 2.55 bits per heavy atom. The van der Waals surface area contributed by atoms with Crippen LogP contribution in [0.15, 0.2) is 72.9 Å². The summed E-state index contributed by atoms with van der Waals surface area (Å²) in [6, 6.07) is 19.2. The molecule has 0 bridgehead atoms. The SMILES string of the molecule is O=C(/C=C/c1cnc2ccccc2c1)c1ccccc1. The molecule has 0 N–H and O–H groups in total. The number of hydrogen-bond acceptors (Lipinski definition) is 2. The van der Waals surface area contributed by atoms with Crippen molar-refractivity contribution in [1.82, 2.24) is 4.98 Å². The summed E-state index contributed by atoms with van der Waals surface area (Å²) in [5, 5.41) is 1.07. The molecule has 1 aromatic heterocycles. The van der Waals surface area contributed by atoms with Gasteiger partial charge in [0, 0.05) is 17.1 Å². The third kappa shape index (κ3) is 2.64. The van der Waals surface area contributed by atoms with E-state index in [0.29, 0.717) is 5.56 Å². The van der Waals surface area contributed by atoms with Crippen LogP contribution in [0.25, 0.3) is 17.0 Å². The number of aromatic nitrogens is 1. The molecule has 0 atom stereocenters. The minimum atomic E-state index is -0.00115. The Morgan fingerprint density at radius 2 is 1.70 bits per heavy atom. The number of allylic oxidation sites excluding steroid dienone is 1. The first kappa shape index (κ1) is 12.3. The summed E-state index contributed by atoms with van der Waals surface area (Å²) in [5.74, 6) is -0.00115. The van der Waals surface area contributed by atoms with Crippen LogP contribution in [0.1, 0.15) is 15.9 Å². The number of rotatable bonds is 3. The maximum atomic E-state index is 12.0. The van der Waals surface area contributed by atoms with Gasteiger partial charge in [-0.2, -0.15) is 0 Å². The number of hydrogen-bond donors (Lipinski definition) is 0. The van der Waals surface area contributed by atoms with Crippen molar-refractivity contribution in [2.45, 2.75) is 0 Å². The van der Waals surface area contributed by atoms with Gasteiger partial charge in [-0.05, 0) is 29.8 Å². The minimum absolute atomic E-state index is 0.00115. The van der Waals surface area contributed by atoms with Crippen molar-refractivity contribution in [2.24, 2.45) is 0 Å². The third-order valence-electron chi connectivity index (χ3n) is 3.10. The normalized spacial score (nSPS) is 11.0. The first-order chi connectivity index (χ1) is 9.83. The fraction of sp³-hybridized carbons (Fsp3) is 0. The number of fused-ring (bicyclic) bond motifs is 1. The molecule has 0 amide bonds. The van der Waals surface area contributed by atoms with Crippen molar-refractivity contribution in [1.29, 1.82) is 0 Å². The van der Waals surface area contributed by atoms with Crippen molar-refractivity contribution in [3.8, 4) is 0 Å². The van der Waals surface area contributed by atoms with Crippen LogP contribution in [0.4, 0.5) is 0 Å². The van der Waals surface area contributed by atoms with Gasteiger partial charge in [0.1, 0.15) is 0 Å². The molecule has 0 saturated carbocycles. The lowest BCUT2D eigenvalue weighted by Gasteiger charge is -1.98. The van der Waals surface area contributed by atoms with E-state index in [1.165, 1.54) is 0 Å². The highest BCUT2D eigenvalue weighted by Crippen LogP contribution is 2.14. The molecular formula is C18H13NO. The molecule has 20 heavy (non-hydrogen) atoms. The van der Waals surface area contributed by atoms with Crippen molar-refractivity contribution >= 4 is 22.8 Å². The Balaban J connectivity index is 1.85. The van der Waals surface area contributed by atoms with E-state index in [2.05, 4.69) is 4.98 Å². The topological polar surface area (TPSA) is 30.0 Å². The summed E-state index contributed by atoms with van der Waals surface area (Å²) in [4.78, 5) is 16.3. The summed E-state index contributed by atoms with van der Waals surface area (Å²) < 4.78 is 0. The molecule has 2 nitrogen and oxygen atoms in total. The Kier molecular flexibility index (Phi) is 3.38. The number of benzene rings is 2. The molecule has 2 aromatic carbocycles. The van der Waals surface area contributed by atoms with Crippen LogP contribution in [0.3, 0.4) is 0 Å². The van der Waals surface area contributed by atoms with Crippen LogP contribution in [-0.2, 0) is 0 Å². The highest BCUT2D eigenvalue weighted by atomic mass is 16.1. The van der Waals surface area contributed by atoms with Gasteiger partial charge >= 0.3 is 0 Å². The summed E-state index contributed by atoms with van der Waals surface area (Å²) in [7, 11) is 0. The zero-order valence-corrected chi connectivity index (χ0v) is 10.9. The molecule has 2 heteroatoms. The summed E-state index contributed by atoms with van der Waals surface area (Å²) in [6.07, 6.45) is 5.16. The van der Waals surface area contributed by atoms with E-state index in [0.717, 1.165) is 16.5 Å². The molecule has 0 spiro atoms. The number of nitrogens with zero attached hydrogens (tertiary/aromatic N) is 1. The molecule has 0 aliphatic carbocycles. The Labute approximate surface area is 117 Å². The van der Waals surface area contributed by atoms with Crippen LogP contribution < -0.4 is 0 Å². The zero-order valence-electron chi connectivity index (χ0n) is 10.9. The van der Waals surface area contributed by atoms with Gasteiger partial charge in [-0.15, -0.1) is 0 Å². The zero-order chi connectivity index (χ0) is 13.8. The quantitative estimate of drug-likeness (QED) is 0.523. The predicted octanol–water partition coefficient (Wildman–Crippen LogP) is 4.13. The molecule has 0 unspecified atom stereocenters. The van der Waals surface area contributed by atoms with E-state index in [1.807, 2.05) is 60.7 Å². The van der Waals surface area contributed by atoms with Gasteiger partial charge < -0.3 is 0 Å². The van der Waals surface area contributed by atoms with E-state index >= 15 is 0 Å². The number of ketones is 1. The van der Waals surface area contributed by atoms with Crippen LogP contribution in [0.5, 0.6) is 0 Å². The van der Waals surface area contributed by atoms with Crippen LogP contribution in [-0.4, -0.2) is 10.8 Å². The van der Waals surface area contributed by atoms with Crippen LogP contribution >= 0.6 is 0 Å². The van der Waals surface area contributed by atoms with E-state index in [-0.39, 0.29) is 5.78 Å². The predicted molar refractivity (Wildman–Crippen MR) is 81.5 cm³/mol. The Hall–Kier alpha value is -2.74. The third-order valence-corrected chi connectivity index (χ3v) is 3.10. The molecule has 0 fully saturated rings. The smallest absolute Gasteiger partial charge is 0.185 e. The van der Waals surface area contributed by atoms with E-state index in [9.17, 15) is 4.79 Å². The van der Waals surface area contributed by atoms with Crippen molar-refractivity contribution < 1.29 is 4.79 Å². The molecule has 3 rings (SSSR count). The molecule has 0 aliphatic rings. The number of carbonyl (C=O) groups excluding carboxylic acids is 1. The minimum Gasteiger partial charge on any atom is -0.289 e. The van der Waals surface area contributed by atoms with Crippen molar-refractivity contribution in [3.05, 3.63) is 84.1 Å². The fourth-order valence-electron chi connectivity index (χ4n) is 2.05. The monoisotopic (exact) mass is 259 g/mol. The van der Waals surface area contributed by atoms with Gasteiger partial charge in [0.05, 0.1) is 5.52 Å². The second-order valence-corrected chi connectivity index (χ2v) is 4.52. The van der Waals surface area contributed by atoms with Crippen molar-refractivity contribution in [3.63, 3.8) is 0 Å².